The summed E-state index contributed by atoms with van der Waals surface area (Å²) in [6.45, 7) is 4.20. The normalized spacial score (nSPS) is 22.9. The number of nitrogens with zero attached hydrogens (tertiary/aromatic N) is 4. The van der Waals surface area contributed by atoms with E-state index in [0.29, 0.717) is 45.8 Å². The predicted octanol–water partition coefficient (Wildman–Crippen LogP) is 1.45. The van der Waals surface area contributed by atoms with E-state index in [1.165, 1.54) is 12.1 Å². The summed E-state index contributed by atoms with van der Waals surface area (Å²) in [5.41, 5.74) is 4.20. The van der Waals surface area contributed by atoms with Crippen molar-refractivity contribution in [2.75, 3.05) is 39.3 Å². The van der Waals surface area contributed by atoms with Crippen molar-refractivity contribution in [2.45, 2.75) is 31.8 Å². The Morgan fingerprint density at radius 2 is 1.78 bits per heavy atom. The highest BCUT2D eigenvalue weighted by Crippen LogP contribution is 2.30. The van der Waals surface area contributed by atoms with Gasteiger partial charge in [0, 0.05) is 51.5 Å². The summed E-state index contributed by atoms with van der Waals surface area (Å²) in [5, 5.41) is 1.78. The number of hydrazine groups is 1. The van der Waals surface area contributed by atoms with Crippen LogP contribution in [0.2, 0.25) is 0 Å². The third kappa shape index (κ3) is 4.69. The van der Waals surface area contributed by atoms with Crippen LogP contribution in [-0.4, -0.2) is 83.0 Å². The van der Waals surface area contributed by atoms with E-state index in [1.54, 1.807) is 51.2 Å². The standard InChI is InChI=1S/C22H28FN5O4/c1-2-32-22(31)27-11-9-25(10-12-27)20(29)7-8-26-13-14-28-19(21(26)30)15-18(24-28)16-3-5-17(23)6-4-16/h3-6,13-14,18-19,24H,2,7-12,15H2,1H3. The van der Waals surface area contributed by atoms with Gasteiger partial charge >= 0.3 is 6.09 Å². The van der Waals surface area contributed by atoms with Crippen molar-refractivity contribution in [3.05, 3.63) is 48.0 Å². The van der Waals surface area contributed by atoms with Gasteiger partial charge in [-0.15, -0.1) is 0 Å². The second kappa shape index (κ2) is 9.56. The van der Waals surface area contributed by atoms with E-state index in [0.717, 1.165) is 5.56 Å². The molecule has 172 valence electrons. The van der Waals surface area contributed by atoms with Gasteiger partial charge in [0.2, 0.25) is 5.91 Å². The molecule has 2 fully saturated rings. The summed E-state index contributed by atoms with van der Waals surface area (Å²) in [4.78, 5) is 42.3. The van der Waals surface area contributed by atoms with Gasteiger partial charge in [-0.2, -0.15) is 0 Å². The van der Waals surface area contributed by atoms with Gasteiger partial charge in [0.15, 0.2) is 0 Å². The lowest BCUT2D eigenvalue weighted by Crippen LogP contribution is -2.52. The van der Waals surface area contributed by atoms with E-state index < -0.39 is 0 Å². The van der Waals surface area contributed by atoms with E-state index in [-0.39, 0.29) is 42.2 Å². The lowest BCUT2D eigenvalue weighted by Gasteiger charge is -2.35. The summed E-state index contributed by atoms with van der Waals surface area (Å²) >= 11 is 0. The molecule has 1 aromatic rings. The first-order chi connectivity index (χ1) is 15.5. The molecular weight excluding hydrogens is 417 g/mol. The third-order valence-electron chi connectivity index (χ3n) is 6.07. The minimum Gasteiger partial charge on any atom is -0.450 e. The number of hydrogen-bond acceptors (Lipinski definition) is 6. The van der Waals surface area contributed by atoms with Gasteiger partial charge in [0.25, 0.3) is 5.91 Å². The average molecular weight is 445 g/mol. The van der Waals surface area contributed by atoms with Gasteiger partial charge in [-0.25, -0.2) is 14.6 Å². The molecule has 2 saturated heterocycles. The predicted molar refractivity (Wildman–Crippen MR) is 113 cm³/mol. The highest BCUT2D eigenvalue weighted by molar-refractivity contribution is 5.85. The van der Waals surface area contributed by atoms with Crippen molar-refractivity contribution in [3.8, 4) is 0 Å². The minimum absolute atomic E-state index is 0.0362. The zero-order valence-electron chi connectivity index (χ0n) is 18.1. The molecule has 1 N–H and O–H groups in total. The maximum absolute atomic E-state index is 13.2. The first kappa shape index (κ1) is 22.1. The number of nitrogens with one attached hydrogen (secondary N) is 1. The maximum Gasteiger partial charge on any atom is 0.409 e. The van der Waals surface area contributed by atoms with Crippen molar-refractivity contribution in [2.24, 2.45) is 0 Å². The van der Waals surface area contributed by atoms with Crippen molar-refractivity contribution in [1.29, 1.82) is 0 Å². The summed E-state index contributed by atoms with van der Waals surface area (Å²) in [5.74, 6) is -0.394. The van der Waals surface area contributed by atoms with Crippen LogP contribution >= 0.6 is 0 Å². The summed E-state index contributed by atoms with van der Waals surface area (Å²) < 4.78 is 18.2. The largest absolute Gasteiger partial charge is 0.450 e. The maximum atomic E-state index is 13.2. The summed E-state index contributed by atoms with van der Waals surface area (Å²) in [6.07, 6.45) is 3.92. The van der Waals surface area contributed by atoms with Gasteiger partial charge in [0.05, 0.1) is 12.6 Å². The number of ether oxygens (including phenoxy) is 1. The highest BCUT2D eigenvalue weighted by atomic mass is 19.1. The SMILES string of the molecule is CCOC(=O)N1CCN(C(=O)CCN2C=CN3NC(c4ccc(F)cc4)CC3C2=O)CC1. The van der Waals surface area contributed by atoms with Crippen LogP contribution in [0.4, 0.5) is 9.18 Å². The van der Waals surface area contributed by atoms with Crippen LogP contribution in [0.3, 0.4) is 0 Å². The lowest BCUT2D eigenvalue weighted by molar-refractivity contribution is -0.136. The number of carbonyl (C=O) groups is 3. The Balaban J connectivity index is 1.26. The van der Waals surface area contributed by atoms with E-state index in [9.17, 15) is 18.8 Å². The van der Waals surface area contributed by atoms with Gasteiger partial charge in [-0.05, 0) is 31.0 Å². The third-order valence-corrected chi connectivity index (χ3v) is 6.07. The van der Waals surface area contributed by atoms with Crippen molar-refractivity contribution in [3.63, 3.8) is 0 Å². The number of hydrogen-bond donors (Lipinski definition) is 1. The Morgan fingerprint density at radius 3 is 2.47 bits per heavy atom. The van der Waals surface area contributed by atoms with Crippen LogP contribution in [0.5, 0.6) is 0 Å². The number of benzene rings is 1. The average Bonchev–Trinajstić information content (AvgIpc) is 3.24. The quantitative estimate of drug-likeness (QED) is 0.739. The van der Waals surface area contributed by atoms with E-state index >= 15 is 0 Å². The van der Waals surface area contributed by atoms with Gasteiger partial charge in [0.1, 0.15) is 11.9 Å². The van der Waals surface area contributed by atoms with Crippen LogP contribution in [0.15, 0.2) is 36.7 Å². The number of rotatable bonds is 5. The molecule has 10 heteroatoms. The molecule has 4 rings (SSSR count). The molecule has 0 radical (unpaired) electrons. The molecule has 0 spiro atoms. The van der Waals surface area contributed by atoms with Crippen LogP contribution < -0.4 is 5.43 Å². The first-order valence-corrected chi connectivity index (χ1v) is 10.9. The zero-order chi connectivity index (χ0) is 22.7. The Labute approximate surface area is 186 Å². The lowest BCUT2D eigenvalue weighted by atomic mass is 10.0. The van der Waals surface area contributed by atoms with Crippen LogP contribution in [-0.2, 0) is 14.3 Å². The Hall–Kier alpha value is -3.14. The van der Waals surface area contributed by atoms with Gasteiger partial charge in [-0.1, -0.05) is 12.1 Å². The fourth-order valence-corrected chi connectivity index (χ4v) is 4.26. The number of fused-ring (bicyclic) bond motifs is 1. The molecule has 9 nitrogen and oxygen atoms in total. The summed E-state index contributed by atoms with van der Waals surface area (Å²) in [7, 11) is 0. The molecule has 3 heterocycles. The molecule has 0 bridgehead atoms. The van der Waals surface area contributed by atoms with E-state index in [1.807, 2.05) is 0 Å². The summed E-state index contributed by atoms with van der Waals surface area (Å²) in [6, 6.07) is 5.83. The molecule has 3 aliphatic heterocycles. The molecule has 2 unspecified atom stereocenters. The van der Waals surface area contributed by atoms with E-state index in [2.05, 4.69) is 5.43 Å². The fourth-order valence-electron chi connectivity index (χ4n) is 4.26. The van der Waals surface area contributed by atoms with Gasteiger partial charge < -0.3 is 24.4 Å². The Kier molecular flexibility index (Phi) is 6.59. The molecule has 32 heavy (non-hydrogen) atoms. The smallest absolute Gasteiger partial charge is 0.409 e. The first-order valence-electron chi connectivity index (χ1n) is 10.9. The van der Waals surface area contributed by atoms with Crippen LogP contribution in [0.1, 0.15) is 31.4 Å². The molecule has 3 aliphatic rings. The Bertz CT molecular complexity index is 885. The van der Waals surface area contributed by atoms with Crippen molar-refractivity contribution in [1.82, 2.24) is 25.1 Å². The number of halogens is 1. The van der Waals surface area contributed by atoms with Gasteiger partial charge in [-0.3, -0.25) is 9.59 Å². The highest BCUT2D eigenvalue weighted by Gasteiger charge is 2.40. The number of amides is 3. The topological polar surface area (TPSA) is 85.4 Å². The molecule has 3 amide bonds. The Morgan fingerprint density at radius 1 is 1.09 bits per heavy atom. The van der Waals surface area contributed by atoms with Crippen LogP contribution in [0.25, 0.3) is 0 Å². The second-order valence-corrected chi connectivity index (χ2v) is 8.04. The fraction of sp³-hybridized carbons (Fsp3) is 0.500. The zero-order valence-corrected chi connectivity index (χ0v) is 18.1. The van der Waals surface area contributed by atoms with Crippen molar-refractivity contribution >= 4 is 17.9 Å². The van der Waals surface area contributed by atoms with Crippen LogP contribution in [0, 0.1) is 5.82 Å². The molecule has 0 aromatic heterocycles. The minimum atomic E-state index is -0.363. The molecular formula is C22H28FN5O4. The van der Waals surface area contributed by atoms with E-state index in [4.69, 9.17) is 4.74 Å². The van der Waals surface area contributed by atoms with Crippen molar-refractivity contribution < 1.29 is 23.5 Å². The molecule has 0 saturated carbocycles. The monoisotopic (exact) mass is 445 g/mol. The molecule has 0 aliphatic carbocycles. The number of piperazine rings is 1. The molecule has 1 aromatic carbocycles. The number of carbonyl (C=O) groups excluding carboxylic acids is 3. The second-order valence-electron chi connectivity index (χ2n) is 8.04. The molecule has 2 atom stereocenters.